The molecular weight excluding hydrogens is 440 g/mol. The summed E-state index contributed by atoms with van der Waals surface area (Å²) in [7, 11) is 2.55. The van der Waals surface area contributed by atoms with Crippen LogP contribution in [0.3, 0.4) is 0 Å². The van der Waals surface area contributed by atoms with Crippen LogP contribution in [-0.2, 0) is 9.53 Å². The molecule has 0 spiro atoms. The van der Waals surface area contributed by atoms with Crippen LogP contribution in [0.5, 0.6) is 11.5 Å². The Balaban J connectivity index is 2.27. The molecule has 0 saturated carbocycles. The number of hydrogen-bond acceptors (Lipinski definition) is 5. The van der Waals surface area contributed by atoms with Gasteiger partial charge in [0, 0.05) is 10.0 Å². The summed E-state index contributed by atoms with van der Waals surface area (Å²) in [6.07, 6.45) is -0.0968. The smallest absolute Gasteiger partial charge is 0.387 e. The zero-order valence-electron chi connectivity index (χ0n) is 15.1. The second kappa shape index (κ2) is 10.0. The summed E-state index contributed by atoms with van der Waals surface area (Å²) < 4.78 is 40.0. The summed E-state index contributed by atoms with van der Waals surface area (Å²) in [5.74, 6) is -1.28. The van der Waals surface area contributed by atoms with Gasteiger partial charge < -0.3 is 19.5 Å². The van der Waals surface area contributed by atoms with Crippen LogP contribution >= 0.6 is 15.9 Å². The SMILES string of the molecule is COC(=O)CC(NC(=O)c1ccc(OC)c(OC(F)F)c1)c1ccc(Br)cc1. The predicted octanol–water partition coefficient (Wildman–Crippen LogP) is 4.09. The van der Waals surface area contributed by atoms with E-state index in [2.05, 4.69) is 30.7 Å². The number of hydrogen-bond donors (Lipinski definition) is 1. The highest BCUT2D eigenvalue weighted by Gasteiger charge is 2.21. The maximum atomic E-state index is 12.6. The van der Waals surface area contributed by atoms with Crippen LogP contribution in [0.2, 0.25) is 0 Å². The Bertz CT molecular complexity index is 830. The molecule has 0 aliphatic heterocycles. The van der Waals surface area contributed by atoms with Crippen molar-refractivity contribution in [1.82, 2.24) is 5.32 Å². The fourth-order valence-corrected chi connectivity index (χ4v) is 2.71. The molecule has 28 heavy (non-hydrogen) atoms. The zero-order chi connectivity index (χ0) is 20.7. The van der Waals surface area contributed by atoms with E-state index >= 15 is 0 Å². The molecule has 2 aromatic carbocycles. The third-order valence-corrected chi connectivity index (χ3v) is 4.35. The molecule has 1 N–H and O–H groups in total. The second-order valence-electron chi connectivity index (χ2n) is 5.60. The number of methoxy groups -OCH3 is 2. The van der Waals surface area contributed by atoms with Crippen molar-refractivity contribution in [3.8, 4) is 11.5 Å². The quantitative estimate of drug-likeness (QED) is 0.604. The lowest BCUT2D eigenvalue weighted by atomic mass is 10.0. The third kappa shape index (κ3) is 5.91. The summed E-state index contributed by atoms with van der Waals surface area (Å²) in [4.78, 5) is 24.4. The van der Waals surface area contributed by atoms with Crippen LogP contribution in [0, 0.1) is 0 Å². The van der Waals surface area contributed by atoms with Gasteiger partial charge in [0.1, 0.15) is 0 Å². The molecule has 0 heterocycles. The lowest BCUT2D eigenvalue weighted by Crippen LogP contribution is -2.30. The topological polar surface area (TPSA) is 73.9 Å². The Morgan fingerprint density at radius 1 is 1.07 bits per heavy atom. The number of alkyl halides is 2. The molecule has 150 valence electrons. The molecule has 0 bridgehead atoms. The maximum Gasteiger partial charge on any atom is 0.387 e. The monoisotopic (exact) mass is 457 g/mol. The first kappa shape index (κ1) is 21.6. The number of halogens is 3. The molecule has 9 heteroatoms. The van der Waals surface area contributed by atoms with Crippen molar-refractivity contribution in [1.29, 1.82) is 0 Å². The lowest BCUT2D eigenvalue weighted by molar-refractivity contribution is -0.141. The molecule has 0 fully saturated rings. The molecule has 0 saturated heterocycles. The average molecular weight is 458 g/mol. The Labute approximate surface area is 168 Å². The normalized spacial score (nSPS) is 11.6. The van der Waals surface area contributed by atoms with Gasteiger partial charge in [-0.15, -0.1) is 0 Å². The largest absolute Gasteiger partial charge is 0.493 e. The van der Waals surface area contributed by atoms with Crippen molar-refractivity contribution in [3.63, 3.8) is 0 Å². The van der Waals surface area contributed by atoms with Crippen LogP contribution in [-0.4, -0.2) is 32.7 Å². The molecule has 6 nitrogen and oxygen atoms in total. The van der Waals surface area contributed by atoms with Gasteiger partial charge in [-0.3, -0.25) is 9.59 Å². The van der Waals surface area contributed by atoms with Crippen LogP contribution < -0.4 is 14.8 Å². The summed E-state index contributed by atoms with van der Waals surface area (Å²) in [6, 6.07) is 10.3. The molecule has 2 aromatic rings. The Morgan fingerprint density at radius 2 is 1.75 bits per heavy atom. The van der Waals surface area contributed by atoms with Crippen LogP contribution in [0.4, 0.5) is 8.78 Å². The molecule has 1 atom stereocenters. The van der Waals surface area contributed by atoms with Gasteiger partial charge in [0.05, 0.1) is 26.7 Å². The van der Waals surface area contributed by atoms with Gasteiger partial charge in [-0.2, -0.15) is 8.78 Å². The van der Waals surface area contributed by atoms with E-state index in [1.807, 2.05) is 0 Å². The fourth-order valence-electron chi connectivity index (χ4n) is 2.44. The summed E-state index contributed by atoms with van der Waals surface area (Å²) in [5.41, 5.74) is 0.753. The molecular formula is C19H18BrF2NO5. The predicted molar refractivity (Wildman–Crippen MR) is 101 cm³/mol. The number of esters is 1. The van der Waals surface area contributed by atoms with Crippen molar-refractivity contribution < 1.29 is 32.6 Å². The minimum Gasteiger partial charge on any atom is -0.493 e. The van der Waals surface area contributed by atoms with E-state index in [1.165, 1.54) is 26.4 Å². The van der Waals surface area contributed by atoms with Gasteiger partial charge in [-0.1, -0.05) is 28.1 Å². The minimum atomic E-state index is -3.07. The zero-order valence-corrected chi connectivity index (χ0v) is 16.7. The number of ether oxygens (including phenoxy) is 3. The summed E-state index contributed by atoms with van der Waals surface area (Å²) >= 11 is 3.32. The van der Waals surface area contributed by atoms with Gasteiger partial charge in [0.15, 0.2) is 11.5 Å². The number of benzene rings is 2. The van der Waals surface area contributed by atoms with Gasteiger partial charge in [-0.25, -0.2) is 0 Å². The standard InChI is InChI=1S/C19H18BrF2NO5/c1-26-15-8-5-12(9-16(15)28-19(21)22)18(25)23-14(10-17(24)27-2)11-3-6-13(20)7-4-11/h3-9,14,19H,10H2,1-2H3,(H,23,25). The third-order valence-electron chi connectivity index (χ3n) is 3.82. The van der Waals surface area contributed by atoms with Gasteiger partial charge >= 0.3 is 12.6 Å². The van der Waals surface area contributed by atoms with Gasteiger partial charge in [0.2, 0.25) is 0 Å². The highest BCUT2D eigenvalue weighted by Crippen LogP contribution is 2.30. The molecule has 1 unspecified atom stereocenters. The van der Waals surface area contributed by atoms with E-state index in [0.717, 1.165) is 10.5 Å². The second-order valence-corrected chi connectivity index (χ2v) is 6.52. The van der Waals surface area contributed by atoms with Crippen molar-refractivity contribution >= 4 is 27.8 Å². The number of rotatable bonds is 8. The Kier molecular flexibility index (Phi) is 7.74. The van der Waals surface area contributed by atoms with Crippen LogP contribution in [0.15, 0.2) is 46.9 Å². The first-order chi connectivity index (χ1) is 13.3. The first-order valence-corrected chi connectivity index (χ1v) is 8.89. The molecule has 0 aliphatic carbocycles. The first-order valence-electron chi connectivity index (χ1n) is 8.10. The van der Waals surface area contributed by atoms with E-state index in [4.69, 9.17) is 4.74 Å². The maximum absolute atomic E-state index is 12.6. The summed E-state index contributed by atoms with van der Waals surface area (Å²) in [5, 5.41) is 2.71. The molecule has 0 radical (unpaired) electrons. The number of carbonyl (C=O) groups excluding carboxylic acids is 2. The van der Waals surface area contributed by atoms with Crippen molar-refractivity contribution in [2.75, 3.05) is 14.2 Å². The highest BCUT2D eigenvalue weighted by atomic mass is 79.9. The number of amides is 1. The van der Waals surface area contributed by atoms with E-state index in [0.29, 0.717) is 5.56 Å². The minimum absolute atomic E-state index is 0.0656. The van der Waals surface area contributed by atoms with E-state index in [9.17, 15) is 18.4 Å². The van der Waals surface area contributed by atoms with Crippen molar-refractivity contribution in [2.24, 2.45) is 0 Å². The lowest BCUT2D eigenvalue weighted by Gasteiger charge is -2.19. The number of carbonyl (C=O) groups is 2. The fraction of sp³-hybridized carbons (Fsp3) is 0.263. The van der Waals surface area contributed by atoms with Gasteiger partial charge in [-0.05, 0) is 35.9 Å². The number of nitrogens with one attached hydrogen (secondary N) is 1. The van der Waals surface area contributed by atoms with E-state index in [1.54, 1.807) is 24.3 Å². The Hall–Kier alpha value is -2.68. The van der Waals surface area contributed by atoms with Gasteiger partial charge in [0.25, 0.3) is 5.91 Å². The van der Waals surface area contributed by atoms with Crippen LogP contribution in [0.25, 0.3) is 0 Å². The molecule has 0 aromatic heterocycles. The molecule has 2 rings (SSSR count). The highest BCUT2D eigenvalue weighted by molar-refractivity contribution is 9.10. The molecule has 1 amide bonds. The van der Waals surface area contributed by atoms with E-state index in [-0.39, 0.29) is 23.5 Å². The van der Waals surface area contributed by atoms with Crippen molar-refractivity contribution in [2.45, 2.75) is 19.1 Å². The average Bonchev–Trinajstić information content (AvgIpc) is 2.67. The van der Waals surface area contributed by atoms with E-state index < -0.39 is 24.5 Å². The molecule has 0 aliphatic rings. The van der Waals surface area contributed by atoms with Crippen LogP contribution in [0.1, 0.15) is 28.4 Å². The Morgan fingerprint density at radius 3 is 2.32 bits per heavy atom. The van der Waals surface area contributed by atoms with Crippen molar-refractivity contribution in [3.05, 3.63) is 58.1 Å². The summed E-state index contributed by atoms with van der Waals surface area (Å²) in [6.45, 7) is -3.07.